The van der Waals surface area contributed by atoms with Crippen LogP contribution >= 0.6 is 0 Å². The highest BCUT2D eigenvalue weighted by Gasteiger charge is 2.33. The minimum atomic E-state index is -0.381. The Morgan fingerprint density at radius 2 is 2.26 bits per heavy atom. The van der Waals surface area contributed by atoms with Gasteiger partial charge < -0.3 is 9.84 Å². The fraction of sp³-hybridized carbons (Fsp3) is 0.923. The van der Waals surface area contributed by atoms with Crippen LogP contribution in [0.1, 0.15) is 38.5 Å². The maximum absolute atomic E-state index is 11.4. The predicted molar refractivity (Wildman–Crippen MR) is 71.1 cm³/mol. The van der Waals surface area contributed by atoms with E-state index in [0.29, 0.717) is 6.04 Å². The first-order valence-electron chi connectivity index (χ1n) is 7.25. The quantitative estimate of drug-likeness (QED) is 0.352. The molecule has 2 saturated heterocycles. The van der Waals surface area contributed by atoms with Gasteiger partial charge in [0.25, 0.3) is 5.91 Å². The molecule has 6 nitrogen and oxygen atoms in total. The molecular weight excluding hydrogens is 246 g/mol. The van der Waals surface area contributed by atoms with Gasteiger partial charge in [-0.3, -0.25) is 15.1 Å². The molecule has 6 heteroatoms. The maximum atomic E-state index is 11.4. The molecule has 19 heavy (non-hydrogen) atoms. The van der Waals surface area contributed by atoms with Gasteiger partial charge in [-0.2, -0.15) is 0 Å². The molecule has 2 heterocycles. The highest BCUT2D eigenvalue weighted by molar-refractivity contribution is 5.80. The third-order valence-electron chi connectivity index (χ3n) is 4.17. The van der Waals surface area contributed by atoms with Gasteiger partial charge in [0.05, 0.1) is 6.10 Å². The van der Waals surface area contributed by atoms with E-state index in [1.807, 2.05) is 0 Å². The summed E-state index contributed by atoms with van der Waals surface area (Å²) >= 11 is 0. The summed E-state index contributed by atoms with van der Waals surface area (Å²) in [6.45, 7) is 2.26. The summed E-state index contributed by atoms with van der Waals surface area (Å²) in [6, 6.07) is 0.568. The summed E-state index contributed by atoms with van der Waals surface area (Å²) in [5.74, 6) is 4.90. The van der Waals surface area contributed by atoms with E-state index >= 15 is 0 Å². The van der Waals surface area contributed by atoms with E-state index in [4.69, 9.17) is 15.7 Å². The van der Waals surface area contributed by atoms with Crippen molar-refractivity contribution in [2.24, 2.45) is 5.84 Å². The largest absolute Gasteiger partial charge is 0.396 e. The summed E-state index contributed by atoms with van der Waals surface area (Å²) in [4.78, 5) is 13.8. The Balaban J connectivity index is 1.76. The molecule has 3 atom stereocenters. The fourth-order valence-electron chi connectivity index (χ4n) is 3.18. The zero-order valence-corrected chi connectivity index (χ0v) is 11.4. The van der Waals surface area contributed by atoms with Crippen molar-refractivity contribution < 1.29 is 14.6 Å². The Labute approximate surface area is 114 Å². The normalized spacial score (nSPS) is 31.8. The Hall–Kier alpha value is -0.690. The lowest BCUT2D eigenvalue weighted by atomic mass is 10.1. The number of amides is 1. The van der Waals surface area contributed by atoms with Crippen LogP contribution in [0.4, 0.5) is 0 Å². The van der Waals surface area contributed by atoms with Crippen LogP contribution in [0.2, 0.25) is 0 Å². The number of nitrogens with zero attached hydrogens (tertiary/aromatic N) is 1. The van der Waals surface area contributed by atoms with Crippen LogP contribution < -0.4 is 11.3 Å². The van der Waals surface area contributed by atoms with E-state index in [1.165, 1.54) is 12.8 Å². The molecule has 0 aliphatic carbocycles. The number of ether oxygens (including phenoxy) is 1. The van der Waals surface area contributed by atoms with Crippen LogP contribution in [0.3, 0.4) is 0 Å². The van der Waals surface area contributed by atoms with E-state index in [0.717, 1.165) is 38.8 Å². The highest BCUT2D eigenvalue weighted by Crippen LogP contribution is 2.26. The summed E-state index contributed by atoms with van der Waals surface area (Å²) in [6.07, 6.45) is 5.77. The number of carbonyl (C=O) groups excluding carboxylic acids is 1. The standard InChI is InChI=1S/C13H25N3O3/c14-15-13(18)12-6-5-11(19-12)9-16-7-1-3-10(16)4-2-8-17/h10-12,17H,1-9,14H2,(H,15,18). The SMILES string of the molecule is NNC(=O)C1CCC(CN2CCCC2CCCO)O1. The third-order valence-corrected chi connectivity index (χ3v) is 4.17. The average Bonchev–Trinajstić information content (AvgIpc) is 3.05. The van der Waals surface area contributed by atoms with E-state index in [9.17, 15) is 4.79 Å². The second-order valence-corrected chi connectivity index (χ2v) is 5.49. The zero-order chi connectivity index (χ0) is 13.7. The summed E-state index contributed by atoms with van der Waals surface area (Å²) in [7, 11) is 0. The molecule has 3 unspecified atom stereocenters. The number of hydrazine groups is 1. The van der Waals surface area contributed by atoms with Gasteiger partial charge in [0.1, 0.15) is 6.10 Å². The molecule has 1 amide bonds. The Morgan fingerprint density at radius 3 is 3.00 bits per heavy atom. The third kappa shape index (κ3) is 3.89. The van der Waals surface area contributed by atoms with Crippen molar-refractivity contribution in [1.82, 2.24) is 10.3 Å². The van der Waals surface area contributed by atoms with E-state index in [1.54, 1.807) is 0 Å². The van der Waals surface area contributed by atoms with Crippen molar-refractivity contribution in [3.05, 3.63) is 0 Å². The van der Waals surface area contributed by atoms with Crippen molar-refractivity contribution in [1.29, 1.82) is 0 Å². The molecule has 0 aromatic rings. The molecule has 2 aliphatic rings. The lowest BCUT2D eigenvalue weighted by molar-refractivity contribution is -0.132. The predicted octanol–water partition coefficient (Wildman–Crippen LogP) is -0.239. The van der Waals surface area contributed by atoms with E-state index in [-0.39, 0.29) is 24.7 Å². The minimum absolute atomic E-state index is 0.136. The number of hydrogen-bond donors (Lipinski definition) is 3. The Bertz CT molecular complexity index is 301. The number of rotatable bonds is 6. The van der Waals surface area contributed by atoms with Gasteiger partial charge in [-0.25, -0.2) is 5.84 Å². The molecular formula is C13H25N3O3. The Morgan fingerprint density at radius 1 is 1.42 bits per heavy atom. The first-order chi connectivity index (χ1) is 9.24. The molecule has 0 bridgehead atoms. The highest BCUT2D eigenvalue weighted by atomic mass is 16.5. The number of carbonyl (C=O) groups is 1. The topological polar surface area (TPSA) is 87.8 Å². The molecule has 0 radical (unpaired) electrons. The van der Waals surface area contributed by atoms with Crippen LogP contribution in [0, 0.1) is 0 Å². The van der Waals surface area contributed by atoms with Gasteiger partial charge in [0.2, 0.25) is 0 Å². The molecule has 0 saturated carbocycles. The van der Waals surface area contributed by atoms with Crippen LogP contribution in [0.15, 0.2) is 0 Å². The molecule has 4 N–H and O–H groups in total. The smallest absolute Gasteiger partial charge is 0.263 e. The summed E-state index contributed by atoms with van der Waals surface area (Å²) in [5, 5.41) is 8.92. The van der Waals surface area contributed by atoms with Crippen molar-refractivity contribution in [3.63, 3.8) is 0 Å². The zero-order valence-electron chi connectivity index (χ0n) is 11.4. The van der Waals surface area contributed by atoms with Gasteiger partial charge in [0.15, 0.2) is 0 Å². The van der Waals surface area contributed by atoms with Crippen LogP contribution in [-0.2, 0) is 9.53 Å². The first-order valence-corrected chi connectivity index (χ1v) is 7.25. The fourth-order valence-corrected chi connectivity index (χ4v) is 3.18. The van der Waals surface area contributed by atoms with E-state index < -0.39 is 0 Å². The lowest BCUT2D eigenvalue weighted by Gasteiger charge is -2.27. The maximum Gasteiger partial charge on any atom is 0.263 e. The van der Waals surface area contributed by atoms with Gasteiger partial charge in [-0.15, -0.1) is 0 Å². The van der Waals surface area contributed by atoms with Crippen molar-refractivity contribution in [2.45, 2.75) is 56.8 Å². The molecule has 0 aromatic heterocycles. The van der Waals surface area contributed by atoms with Crippen LogP contribution in [-0.4, -0.2) is 53.9 Å². The number of likely N-dealkylation sites (tertiary alicyclic amines) is 1. The van der Waals surface area contributed by atoms with Gasteiger partial charge in [-0.1, -0.05) is 0 Å². The molecule has 0 spiro atoms. The van der Waals surface area contributed by atoms with E-state index in [2.05, 4.69) is 10.3 Å². The van der Waals surface area contributed by atoms with Gasteiger partial charge in [0, 0.05) is 19.2 Å². The minimum Gasteiger partial charge on any atom is -0.396 e. The molecule has 2 aliphatic heterocycles. The van der Waals surface area contributed by atoms with Crippen molar-refractivity contribution in [3.8, 4) is 0 Å². The second kappa shape index (κ2) is 7.19. The molecule has 2 rings (SSSR count). The monoisotopic (exact) mass is 271 g/mol. The summed E-state index contributed by atoms with van der Waals surface area (Å²) in [5.41, 5.74) is 2.15. The van der Waals surface area contributed by atoms with Gasteiger partial charge >= 0.3 is 0 Å². The number of hydrogen-bond acceptors (Lipinski definition) is 5. The van der Waals surface area contributed by atoms with Crippen LogP contribution in [0.5, 0.6) is 0 Å². The van der Waals surface area contributed by atoms with Gasteiger partial charge in [-0.05, 0) is 45.1 Å². The van der Waals surface area contributed by atoms with Crippen LogP contribution in [0.25, 0.3) is 0 Å². The number of aliphatic hydroxyl groups excluding tert-OH is 1. The number of nitrogens with one attached hydrogen (secondary N) is 1. The van der Waals surface area contributed by atoms with Crippen molar-refractivity contribution >= 4 is 5.91 Å². The Kier molecular flexibility index (Phi) is 5.57. The lowest BCUT2D eigenvalue weighted by Crippen LogP contribution is -2.40. The number of aliphatic hydroxyl groups is 1. The molecule has 2 fully saturated rings. The number of nitrogens with two attached hydrogens (primary N) is 1. The second-order valence-electron chi connectivity index (χ2n) is 5.49. The average molecular weight is 271 g/mol. The first kappa shape index (κ1) is 14.7. The molecule has 110 valence electrons. The van der Waals surface area contributed by atoms with Crippen molar-refractivity contribution in [2.75, 3.05) is 19.7 Å². The summed E-state index contributed by atoms with van der Waals surface area (Å²) < 4.78 is 5.75. The molecule has 0 aromatic carbocycles.